The standard InChI is InChI=1S/C11H17N3O/c1-9-4-5-11(14-13-9)12-7-10-3-2-6-15-8-10/h4-5,10H,2-3,6-8H2,1H3,(H,12,14). The van der Waals surface area contributed by atoms with Gasteiger partial charge in [-0.05, 0) is 37.8 Å². The molecule has 0 saturated carbocycles. The van der Waals surface area contributed by atoms with Gasteiger partial charge in [-0.1, -0.05) is 0 Å². The molecule has 1 atom stereocenters. The first-order valence-electron chi connectivity index (χ1n) is 5.46. The monoisotopic (exact) mass is 207 g/mol. The van der Waals surface area contributed by atoms with Crippen molar-refractivity contribution in [3.05, 3.63) is 17.8 Å². The minimum atomic E-state index is 0.613. The third kappa shape index (κ3) is 3.16. The van der Waals surface area contributed by atoms with Crippen LogP contribution in [0.15, 0.2) is 12.1 Å². The van der Waals surface area contributed by atoms with Gasteiger partial charge in [0.05, 0.1) is 12.3 Å². The van der Waals surface area contributed by atoms with Gasteiger partial charge in [-0.3, -0.25) is 0 Å². The number of hydrogen-bond acceptors (Lipinski definition) is 4. The molecule has 1 aliphatic heterocycles. The van der Waals surface area contributed by atoms with Gasteiger partial charge in [0, 0.05) is 13.2 Å². The van der Waals surface area contributed by atoms with Gasteiger partial charge in [0.15, 0.2) is 0 Å². The van der Waals surface area contributed by atoms with Crippen LogP contribution in [0.1, 0.15) is 18.5 Å². The molecule has 1 unspecified atom stereocenters. The molecule has 0 bridgehead atoms. The summed E-state index contributed by atoms with van der Waals surface area (Å²) < 4.78 is 5.41. The van der Waals surface area contributed by atoms with E-state index in [1.54, 1.807) is 0 Å². The summed E-state index contributed by atoms with van der Waals surface area (Å²) in [6, 6.07) is 3.93. The molecule has 4 heteroatoms. The van der Waals surface area contributed by atoms with E-state index < -0.39 is 0 Å². The molecular weight excluding hydrogens is 190 g/mol. The number of hydrogen-bond donors (Lipinski definition) is 1. The molecule has 2 heterocycles. The van der Waals surface area contributed by atoms with Crippen LogP contribution in [0.2, 0.25) is 0 Å². The van der Waals surface area contributed by atoms with E-state index in [9.17, 15) is 0 Å². The van der Waals surface area contributed by atoms with E-state index in [0.29, 0.717) is 5.92 Å². The van der Waals surface area contributed by atoms with E-state index in [0.717, 1.165) is 31.3 Å². The zero-order valence-electron chi connectivity index (χ0n) is 9.07. The topological polar surface area (TPSA) is 47.0 Å². The van der Waals surface area contributed by atoms with Crippen molar-refractivity contribution < 1.29 is 4.74 Å². The lowest BCUT2D eigenvalue weighted by Gasteiger charge is -2.22. The molecule has 4 nitrogen and oxygen atoms in total. The van der Waals surface area contributed by atoms with Crippen molar-refractivity contribution in [2.24, 2.45) is 5.92 Å². The second-order valence-electron chi connectivity index (χ2n) is 4.02. The Bertz CT molecular complexity index is 293. The Labute approximate surface area is 90.1 Å². The van der Waals surface area contributed by atoms with Crippen LogP contribution in [0.3, 0.4) is 0 Å². The molecule has 0 spiro atoms. The maximum atomic E-state index is 5.41. The normalized spacial score (nSPS) is 21.3. The maximum absolute atomic E-state index is 5.41. The molecule has 82 valence electrons. The van der Waals surface area contributed by atoms with Gasteiger partial charge in [0.25, 0.3) is 0 Å². The summed E-state index contributed by atoms with van der Waals surface area (Å²) in [6.45, 7) is 4.65. The lowest BCUT2D eigenvalue weighted by Crippen LogP contribution is -2.24. The molecule has 0 radical (unpaired) electrons. The van der Waals surface area contributed by atoms with Gasteiger partial charge < -0.3 is 10.1 Å². The molecule has 2 rings (SSSR count). The molecule has 0 amide bonds. The number of aromatic nitrogens is 2. The summed E-state index contributed by atoms with van der Waals surface area (Å²) in [7, 11) is 0. The number of ether oxygens (including phenoxy) is 1. The van der Waals surface area contributed by atoms with Gasteiger partial charge in [0.1, 0.15) is 5.82 Å². The van der Waals surface area contributed by atoms with Crippen LogP contribution in [-0.2, 0) is 4.74 Å². The summed E-state index contributed by atoms with van der Waals surface area (Å²) >= 11 is 0. The third-order valence-corrected chi connectivity index (χ3v) is 2.62. The van der Waals surface area contributed by atoms with Crippen molar-refractivity contribution in [3.8, 4) is 0 Å². The highest BCUT2D eigenvalue weighted by molar-refractivity contribution is 5.32. The van der Waals surface area contributed by atoms with Crippen molar-refractivity contribution in [1.82, 2.24) is 10.2 Å². The van der Waals surface area contributed by atoms with Crippen molar-refractivity contribution in [2.45, 2.75) is 19.8 Å². The van der Waals surface area contributed by atoms with Crippen molar-refractivity contribution in [1.29, 1.82) is 0 Å². The maximum Gasteiger partial charge on any atom is 0.148 e. The molecule has 1 saturated heterocycles. The Balaban J connectivity index is 1.79. The smallest absolute Gasteiger partial charge is 0.148 e. The average molecular weight is 207 g/mol. The quantitative estimate of drug-likeness (QED) is 0.818. The van der Waals surface area contributed by atoms with Gasteiger partial charge in [-0.25, -0.2) is 0 Å². The Morgan fingerprint density at radius 1 is 1.47 bits per heavy atom. The number of nitrogens with zero attached hydrogens (tertiary/aromatic N) is 2. The first-order chi connectivity index (χ1) is 7.34. The predicted molar refractivity (Wildman–Crippen MR) is 58.8 cm³/mol. The van der Waals surface area contributed by atoms with E-state index in [1.165, 1.54) is 12.8 Å². The summed E-state index contributed by atoms with van der Waals surface area (Å²) in [4.78, 5) is 0. The highest BCUT2D eigenvalue weighted by atomic mass is 16.5. The van der Waals surface area contributed by atoms with Gasteiger partial charge in [-0.2, -0.15) is 5.10 Å². The van der Waals surface area contributed by atoms with Gasteiger partial charge in [0.2, 0.25) is 0 Å². The summed E-state index contributed by atoms with van der Waals surface area (Å²) in [5.74, 6) is 1.47. The lowest BCUT2D eigenvalue weighted by atomic mass is 10.0. The molecule has 1 N–H and O–H groups in total. The number of aryl methyl sites for hydroxylation is 1. The SMILES string of the molecule is Cc1ccc(NCC2CCCOC2)nn1. The molecular formula is C11H17N3O. The summed E-state index contributed by atoms with van der Waals surface area (Å²) in [6.07, 6.45) is 2.41. The Morgan fingerprint density at radius 3 is 3.07 bits per heavy atom. The lowest BCUT2D eigenvalue weighted by molar-refractivity contribution is 0.0594. The molecule has 0 aromatic carbocycles. The summed E-state index contributed by atoms with van der Waals surface area (Å²) in [5, 5.41) is 11.3. The minimum Gasteiger partial charge on any atom is -0.381 e. The van der Waals surface area contributed by atoms with Crippen LogP contribution in [0.4, 0.5) is 5.82 Å². The zero-order chi connectivity index (χ0) is 10.5. The van der Waals surface area contributed by atoms with E-state index in [-0.39, 0.29) is 0 Å². The van der Waals surface area contributed by atoms with Gasteiger partial charge >= 0.3 is 0 Å². The second kappa shape index (κ2) is 5.07. The minimum absolute atomic E-state index is 0.613. The van der Waals surface area contributed by atoms with Crippen molar-refractivity contribution >= 4 is 5.82 Å². The fraction of sp³-hybridized carbons (Fsp3) is 0.636. The van der Waals surface area contributed by atoms with Crippen molar-refractivity contribution in [2.75, 3.05) is 25.1 Å². The van der Waals surface area contributed by atoms with E-state index in [2.05, 4.69) is 15.5 Å². The Kier molecular flexibility index (Phi) is 3.50. The molecule has 0 aliphatic carbocycles. The number of nitrogens with one attached hydrogen (secondary N) is 1. The fourth-order valence-electron chi connectivity index (χ4n) is 1.71. The van der Waals surface area contributed by atoms with Crippen LogP contribution in [0.25, 0.3) is 0 Å². The zero-order valence-corrected chi connectivity index (χ0v) is 9.07. The highest BCUT2D eigenvalue weighted by Crippen LogP contribution is 2.14. The molecule has 1 aromatic rings. The van der Waals surface area contributed by atoms with Gasteiger partial charge in [-0.15, -0.1) is 5.10 Å². The Hall–Kier alpha value is -1.16. The highest BCUT2D eigenvalue weighted by Gasteiger charge is 2.13. The van der Waals surface area contributed by atoms with Crippen LogP contribution in [-0.4, -0.2) is 30.0 Å². The molecule has 1 fully saturated rings. The number of anilines is 1. The molecule has 1 aliphatic rings. The molecule has 15 heavy (non-hydrogen) atoms. The fourth-order valence-corrected chi connectivity index (χ4v) is 1.71. The van der Waals surface area contributed by atoms with E-state index in [4.69, 9.17) is 4.74 Å². The Morgan fingerprint density at radius 2 is 2.40 bits per heavy atom. The van der Waals surface area contributed by atoms with E-state index >= 15 is 0 Å². The average Bonchev–Trinajstić information content (AvgIpc) is 2.30. The predicted octanol–water partition coefficient (Wildman–Crippen LogP) is 1.62. The largest absolute Gasteiger partial charge is 0.381 e. The first-order valence-corrected chi connectivity index (χ1v) is 5.46. The summed E-state index contributed by atoms with van der Waals surface area (Å²) in [5.41, 5.74) is 0.946. The molecule has 1 aromatic heterocycles. The van der Waals surface area contributed by atoms with Crippen LogP contribution in [0, 0.1) is 12.8 Å². The first kappa shape index (κ1) is 10.4. The van der Waals surface area contributed by atoms with Crippen LogP contribution in [0.5, 0.6) is 0 Å². The third-order valence-electron chi connectivity index (χ3n) is 2.62. The van der Waals surface area contributed by atoms with E-state index in [1.807, 2.05) is 19.1 Å². The second-order valence-corrected chi connectivity index (χ2v) is 4.02. The van der Waals surface area contributed by atoms with Crippen molar-refractivity contribution in [3.63, 3.8) is 0 Å². The van der Waals surface area contributed by atoms with Crippen LogP contribution < -0.4 is 5.32 Å². The van der Waals surface area contributed by atoms with Crippen LogP contribution >= 0.6 is 0 Å². The number of rotatable bonds is 3.